The van der Waals surface area contributed by atoms with Crippen LogP contribution in [0.25, 0.3) is 0 Å². The van der Waals surface area contributed by atoms with E-state index in [1.165, 1.54) is 0 Å². The summed E-state index contributed by atoms with van der Waals surface area (Å²) >= 11 is 5.62. The molecule has 0 spiro atoms. The summed E-state index contributed by atoms with van der Waals surface area (Å²) in [6.07, 6.45) is 0.287. The van der Waals surface area contributed by atoms with Gasteiger partial charge >= 0.3 is 0 Å². The molecule has 1 fully saturated rings. The minimum Gasteiger partial charge on any atom is -0.374 e. The Bertz CT molecular complexity index is 175. The fourth-order valence-corrected chi connectivity index (χ4v) is 1.45. The largest absolute Gasteiger partial charge is 0.374 e. The van der Waals surface area contributed by atoms with Crippen LogP contribution < -0.4 is 5.32 Å². The zero-order chi connectivity index (χ0) is 9.68. The summed E-state index contributed by atoms with van der Waals surface area (Å²) in [7, 11) is 2.11. The van der Waals surface area contributed by atoms with Gasteiger partial charge in [0.15, 0.2) is 0 Å². The van der Waals surface area contributed by atoms with Crippen molar-refractivity contribution in [1.82, 2.24) is 10.2 Å². The predicted molar refractivity (Wildman–Crippen MR) is 55.1 cm³/mol. The van der Waals surface area contributed by atoms with Crippen LogP contribution in [0.1, 0.15) is 0 Å². The maximum atomic E-state index is 5.62. The van der Waals surface area contributed by atoms with Crippen LogP contribution >= 0.6 is 11.6 Å². The highest BCUT2D eigenvalue weighted by Crippen LogP contribution is 2.01. The standard InChI is InChI=1S/C9H17ClN2O/c1-8(10)5-11-6-9-7-12(2)3-4-13-9/h9,11H,1,3-7H2,2H3. The number of likely N-dealkylation sites (N-methyl/N-ethyl adjacent to an activating group) is 1. The van der Waals surface area contributed by atoms with Gasteiger partial charge in [0.25, 0.3) is 0 Å². The van der Waals surface area contributed by atoms with Crippen LogP contribution in [-0.4, -0.2) is 50.8 Å². The van der Waals surface area contributed by atoms with Crippen LogP contribution in [0.15, 0.2) is 11.6 Å². The molecule has 3 nitrogen and oxygen atoms in total. The second kappa shape index (κ2) is 5.60. The summed E-state index contributed by atoms with van der Waals surface area (Å²) in [6, 6.07) is 0. The molecule has 1 unspecified atom stereocenters. The molecule has 1 saturated heterocycles. The lowest BCUT2D eigenvalue weighted by Gasteiger charge is -2.30. The molecule has 0 radical (unpaired) electrons. The molecule has 0 amide bonds. The van der Waals surface area contributed by atoms with Crippen molar-refractivity contribution in [3.05, 3.63) is 11.6 Å². The summed E-state index contributed by atoms with van der Waals surface area (Å²) in [6.45, 7) is 7.94. The smallest absolute Gasteiger partial charge is 0.0826 e. The van der Waals surface area contributed by atoms with E-state index in [9.17, 15) is 0 Å². The molecule has 1 atom stereocenters. The summed E-state index contributed by atoms with van der Waals surface area (Å²) in [5.41, 5.74) is 0. The van der Waals surface area contributed by atoms with Crippen LogP contribution in [0.3, 0.4) is 0 Å². The number of rotatable bonds is 4. The average molecular weight is 205 g/mol. The van der Waals surface area contributed by atoms with E-state index in [2.05, 4.69) is 23.8 Å². The van der Waals surface area contributed by atoms with Crippen molar-refractivity contribution in [2.24, 2.45) is 0 Å². The Balaban J connectivity index is 2.10. The average Bonchev–Trinajstić information content (AvgIpc) is 2.03. The summed E-state index contributed by atoms with van der Waals surface area (Å²) in [4.78, 5) is 2.27. The molecule has 1 aliphatic rings. The first kappa shape index (κ1) is 11.0. The summed E-state index contributed by atoms with van der Waals surface area (Å²) in [5, 5.41) is 3.83. The van der Waals surface area contributed by atoms with Gasteiger partial charge in [0.2, 0.25) is 0 Å². The van der Waals surface area contributed by atoms with E-state index in [-0.39, 0.29) is 6.10 Å². The molecule has 0 aromatic heterocycles. The highest BCUT2D eigenvalue weighted by Gasteiger charge is 2.16. The Kier molecular flexibility index (Phi) is 4.73. The Morgan fingerprint density at radius 1 is 1.77 bits per heavy atom. The molecule has 1 aliphatic heterocycles. The van der Waals surface area contributed by atoms with Crippen LogP contribution in [0, 0.1) is 0 Å². The maximum absolute atomic E-state index is 5.62. The van der Waals surface area contributed by atoms with Crippen molar-refractivity contribution >= 4 is 11.6 Å². The Hall–Kier alpha value is -0.0900. The SMILES string of the molecule is C=C(Cl)CNCC1CN(C)CCO1. The van der Waals surface area contributed by atoms with Gasteiger partial charge in [-0.15, -0.1) is 0 Å². The summed E-state index contributed by atoms with van der Waals surface area (Å²) < 4.78 is 5.55. The number of morpholine rings is 1. The minimum atomic E-state index is 0.287. The second-order valence-corrected chi connectivity index (χ2v) is 3.94. The first-order valence-electron chi connectivity index (χ1n) is 4.52. The molecule has 13 heavy (non-hydrogen) atoms. The van der Waals surface area contributed by atoms with Gasteiger partial charge in [0, 0.05) is 31.2 Å². The Morgan fingerprint density at radius 2 is 2.54 bits per heavy atom. The highest BCUT2D eigenvalue weighted by molar-refractivity contribution is 6.29. The number of hydrogen-bond donors (Lipinski definition) is 1. The molecule has 1 heterocycles. The van der Waals surface area contributed by atoms with Crippen molar-refractivity contribution in [2.45, 2.75) is 6.10 Å². The van der Waals surface area contributed by atoms with Crippen LogP contribution in [-0.2, 0) is 4.74 Å². The third-order valence-electron chi connectivity index (χ3n) is 2.03. The third-order valence-corrected chi connectivity index (χ3v) is 2.16. The molecule has 0 aromatic rings. The van der Waals surface area contributed by atoms with E-state index < -0.39 is 0 Å². The van der Waals surface area contributed by atoms with E-state index in [1.54, 1.807) is 0 Å². The first-order valence-corrected chi connectivity index (χ1v) is 4.90. The monoisotopic (exact) mass is 204 g/mol. The zero-order valence-corrected chi connectivity index (χ0v) is 8.81. The van der Waals surface area contributed by atoms with Crippen molar-refractivity contribution in [3.8, 4) is 0 Å². The van der Waals surface area contributed by atoms with E-state index in [0.717, 1.165) is 26.2 Å². The van der Waals surface area contributed by atoms with Gasteiger partial charge in [-0.05, 0) is 7.05 Å². The molecule has 4 heteroatoms. The third kappa shape index (κ3) is 4.62. The number of halogens is 1. The van der Waals surface area contributed by atoms with Gasteiger partial charge in [0.1, 0.15) is 0 Å². The van der Waals surface area contributed by atoms with Gasteiger partial charge in [-0.25, -0.2) is 0 Å². The van der Waals surface area contributed by atoms with Gasteiger partial charge in [-0.3, -0.25) is 0 Å². The lowest BCUT2D eigenvalue weighted by Crippen LogP contribution is -2.44. The van der Waals surface area contributed by atoms with Crippen LogP contribution in [0.4, 0.5) is 0 Å². The second-order valence-electron chi connectivity index (χ2n) is 3.40. The Morgan fingerprint density at radius 3 is 3.15 bits per heavy atom. The van der Waals surface area contributed by atoms with Crippen molar-refractivity contribution in [1.29, 1.82) is 0 Å². The lowest BCUT2D eigenvalue weighted by molar-refractivity contribution is -0.0176. The highest BCUT2D eigenvalue weighted by atomic mass is 35.5. The van der Waals surface area contributed by atoms with Gasteiger partial charge in [-0.2, -0.15) is 0 Å². The summed E-state index contributed by atoms with van der Waals surface area (Å²) in [5.74, 6) is 0. The molecular weight excluding hydrogens is 188 g/mol. The van der Waals surface area contributed by atoms with Crippen LogP contribution in [0.5, 0.6) is 0 Å². The number of nitrogens with one attached hydrogen (secondary N) is 1. The fourth-order valence-electron chi connectivity index (χ4n) is 1.36. The van der Waals surface area contributed by atoms with E-state index in [4.69, 9.17) is 16.3 Å². The number of nitrogens with zero attached hydrogens (tertiary/aromatic N) is 1. The molecule has 0 aliphatic carbocycles. The van der Waals surface area contributed by atoms with Crippen molar-refractivity contribution < 1.29 is 4.74 Å². The molecule has 76 valence electrons. The van der Waals surface area contributed by atoms with Gasteiger partial charge < -0.3 is 15.0 Å². The molecule has 0 aromatic carbocycles. The predicted octanol–water partition coefficient (Wildman–Crippen LogP) is 0.659. The molecule has 0 bridgehead atoms. The van der Waals surface area contributed by atoms with E-state index in [1.807, 2.05) is 0 Å². The zero-order valence-electron chi connectivity index (χ0n) is 8.05. The van der Waals surface area contributed by atoms with E-state index in [0.29, 0.717) is 11.6 Å². The van der Waals surface area contributed by atoms with Crippen molar-refractivity contribution in [2.75, 3.05) is 39.8 Å². The quantitative estimate of drug-likeness (QED) is 0.728. The first-order chi connectivity index (χ1) is 6.18. The molecule has 0 saturated carbocycles. The van der Waals surface area contributed by atoms with Crippen molar-refractivity contribution in [3.63, 3.8) is 0 Å². The molecule has 1 N–H and O–H groups in total. The topological polar surface area (TPSA) is 24.5 Å². The fraction of sp³-hybridized carbons (Fsp3) is 0.778. The van der Waals surface area contributed by atoms with E-state index >= 15 is 0 Å². The van der Waals surface area contributed by atoms with Gasteiger partial charge in [-0.1, -0.05) is 18.2 Å². The van der Waals surface area contributed by atoms with Crippen LogP contribution in [0.2, 0.25) is 0 Å². The molecule has 1 rings (SSSR count). The normalized spacial score (nSPS) is 24.6. The minimum absolute atomic E-state index is 0.287. The lowest BCUT2D eigenvalue weighted by atomic mass is 10.3. The number of ether oxygens (including phenoxy) is 1. The Labute approximate surface area is 84.7 Å². The maximum Gasteiger partial charge on any atom is 0.0826 e. The van der Waals surface area contributed by atoms with Gasteiger partial charge in [0.05, 0.1) is 12.7 Å². The number of hydrogen-bond acceptors (Lipinski definition) is 3. The molecular formula is C9H17ClN2O.